The van der Waals surface area contributed by atoms with E-state index in [1.165, 1.54) is 24.4 Å². The lowest BCUT2D eigenvalue weighted by molar-refractivity contribution is -0.203. The first-order valence-corrected chi connectivity index (χ1v) is 7.12. The van der Waals surface area contributed by atoms with Gasteiger partial charge in [-0.1, -0.05) is 6.07 Å². The van der Waals surface area contributed by atoms with Crippen molar-refractivity contribution >= 4 is 17.7 Å². The molecule has 26 heavy (non-hydrogen) atoms. The molecule has 0 fully saturated rings. The van der Waals surface area contributed by atoms with Crippen LogP contribution in [0.25, 0.3) is 0 Å². The van der Waals surface area contributed by atoms with E-state index >= 15 is 0 Å². The summed E-state index contributed by atoms with van der Waals surface area (Å²) in [5, 5.41) is 3.47. The molecule has 0 aliphatic carbocycles. The molecule has 6 nitrogen and oxygen atoms in total. The summed E-state index contributed by atoms with van der Waals surface area (Å²) in [7, 11) is 0.743. The van der Waals surface area contributed by atoms with Gasteiger partial charge in [0.2, 0.25) is 0 Å². The van der Waals surface area contributed by atoms with Crippen LogP contribution < -0.4 is 10.6 Å². The highest BCUT2D eigenvalue weighted by Crippen LogP contribution is 2.32. The van der Waals surface area contributed by atoms with Gasteiger partial charge in [0.1, 0.15) is 11.6 Å². The molecular formula is C16H13F4N3O3. The van der Waals surface area contributed by atoms with Crippen molar-refractivity contribution in [1.82, 2.24) is 10.3 Å². The summed E-state index contributed by atoms with van der Waals surface area (Å²) in [5.74, 6) is -4.07. The number of alkyl halides is 3. The molecule has 1 aromatic carbocycles. The Morgan fingerprint density at radius 1 is 1.08 bits per heavy atom. The van der Waals surface area contributed by atoms with Gasteiger partial charge in [-0.15, -0.1) is 0 Å². The number of hydrogen-bond donors (Lipinski definition) is 2. The average molecular weight is 371 g/mol. The van der Waals surface area contributed by atoms with Gasteiger partial charge in [-0.3, -0.25) is 4.79 Å². The normalized spacial score (nSPS) is 13.4. The van der Waals surface area contributed by atoms with E-state index in [9.17, 15) is 27.2 Å². The Hall–Kier alpha value is -3.17. The third kappa shape index (κ3) is 3.90. The highest BCUT2D eigenvalue weighted by Gasteiger charge is 2.63. The number of anilines is 1. The van der Waals surface area contributed by atoms with Crippen molar-refractivity contribution in [3.63, 3.8) is 0 Å². The van der Waals surface area contributed by atoms with Crippen LogP contribution in [0, 0.1) is 5.82 Å². The van der Waals surface area contributed by atoms with Crippen LogP contribution in [0.15, 0.2) is 48.7 Å². The quantitative estimate of drug-likeness (QED) is 0.480. The summed E-state index contributed by atoms with van der Waals surface area (Å²) in [4.78, 5) is 27.9. The Morgan fingerprint density at radius 2 is 1.73 bits per heavy atom. The molecule has 0 spiro atoms. The van der Waals surface area contributed by atoms with Crippen LogP contribution >= 0.6 is 0 Å². The molecule has 0 saturated heterocycles. The number of pyridine rings is 1. The van der Waals surface area contributed by atoms with Crippen LogP contribution in [0.5, 0.6) is 0 Å². The number of ether oxygens (including phenoxy) is 1. The van der Waals surface area contributed by atoms with Crippen molar-refractivity contribution in [2.45, 2.75) is 11.8 Å². The second-order valence-corrected chi connectivity index (χ2v) is 5.04. The molecule has 1 atom stereocenters. The Morgan fingerprint density at radius 3 is 2.23 bits per heavy atom. The van der Waals surface area contributed by atoms with Crippen molar-refractivity contribution in [3.05, 3.63) is 60.0 Å². The number of aromatic nitrogens is 1. The molecule has 2 N–H and O–H groups in total. The number of nitrogens with zero attached hydrogens (tertiary/aromatic N) is 1. The lowest BCUT2D eigenvalue weighted by Gasteiger charge is -2.34. The van der Waals surface area contributed by atoms with Gasteiger partial charge in [0.15, 0.2) is 0 Å². The molecule has 2 rings (SSSR count). The fraction of sp³-hybridized carbons (Fsp3) is 0.188. The lowest BCUT2D eigenvalue weighted by atomic mass is 10.1. The molecule has 138 valence electrons. The van der Waals surface area contributed by atoms with E-state index in [1.54, 1.807) is 5.32 Å². The first-order chi connectivity index (χ1) is 12.2. The number of methoxy groups -OCH3 is 1. The van der Waals surface area contributed by atoms with Crippen LogP contribution in [0.1, 0.15) is 10.4 Å². The number of nitrogens with one attached hydrogen (secondary N) is 2. The fourth-order valence-electron chi connectivity index (χ4n) is 2.02. The summed E-state index contributed by atoms with van der Waals surface area (Å²) in [6, 6.07) is 7.76. The minimum absolute atomic E-state index is 0.285. The standard InChI is InChI=1S/C16H13F4N3O3/c1-26-14(25)15(16(18,19)20,22-12-4-2-3-9-21-12)23-13(24)10-5-7-11(17)8-6-10/h2-9H,1H3,(H,21,22)(H,23,24). The van der Waals surface area contributed by atoms with Crippen LogP contribution in [0.4, 0.5) is 23.4 Å². The van der Waals surface area contributed by atoms with Crippen molar-refractivity contribution in [3.8, 4) is 0 Å². The van der Waals surface area contributed by atoms with E-state index in [0.717, 1.165) is 31.4 Å². The second-order valence-electron chi connectivity index (χ2n) is 5.04. The minimum atomic E-state index is -5.28. The number of esters is 1. The third-order valence-electron chi connectivity index (χ3n) is 3.30. The Kier molecular flexibility index (Phi) is 5.44. The number of amides is 1. The van der Waals surface area contributed by atoms with Gasteiger partial charge in [0, 0.05) is 11.8 Å². The zero-order chi connectivity index (χ0) is 19.4. The summed E-state index contributed by atoms with van der Waals surface area (Å²) in [6.45, 7) is 0. The van der Waals surface area contributed by atoms with Gasteiger partial charge < -0.3 is 15.4 Å². The Labute approximate surface area is 145 Å². The zero-order valence-electron chi connectivity index (χ0n) is 13.3. The number of rotatable bonds is 5. The van der Waals surface area contributed by atoms with Crippen molar-refractivity contribution in [2.24, 2.45) is 0 Å². The number of carbonyl (C=O) groups is 2. The number of halogens is 4. The van der Waals surface area contributed by atoms with E-state index in [-0.39, 0.29) is 11.4 Å². The Balaban J connectivity index is 2.46. The van der Waals surface area contributed by atoms with Gasteiger partial charge in [0.05, 0.1) is 7.11 Å². The smallest absolute Gasteiger partial charge is 0.441 e. The molecule has 0 bridgehead atoms. The predicted molar refractivity (Wildman–Crippen MR) is 82.5 cm³/mol. The van der Waals surface area contributed by atoms with Crippen molar-refractivity contribution in [1.29, 1.82) is 0 Å². The largest absolute Gasteiger partial charge is 0.466 e. The highest BCUT2D eigenvalue weighted by molar-refractivity contribution is 5.99. The molecule has 2 aromatic rings. The summed E-state index contributed by atoms with van der Waals surface area (Å²) >= 11 is 0. The summed E-state index contributed by atoms with van der Waals surface area (Å²) < 4.78 is 58.5. The second kappa shape index (κ2) is 7.38. The highest BCUT2D eigenvalue weighted by atomic mass is 19.4. The van der Waals surface area contributed by atoms with Crippen molar-refractivity contribution < 1.29 is 31.9 Å². The van der Waals surface area contributed by atoms with Gasteiger partial charge in [-0.05, 0) is 36.4 Å². The van der Waals surface area contributed by atoms with Crippen LogP contribution in [0.3, 0.4) is 0 Å². The first-order valence-electron chi connectivity index (χ1n) is 7.12. The maximum absolute atomic E-state index is 13.8. The van der Waals surface area contributed by atoms with Gasteiger partial charge in [-0.25, -0.2) is 14.2 Å². The van der Waals surface area contributed by atoms with E-state index in [2.05, 4.69) is 9.72 Å². The maximum Gasteiger partial charge on any atom is 0.441 e. The summed E-state index contributed by atoms with van der Waals surface area (Å²) in [6.07, 6.45) is -4.09. The Bertz CT molecular complexity index is 782. The van der Waals surface area contributed by atoms with E-state index in [4.69, 9.17) is 0 Å². The van der Waals surface area contributed by atoms with Gasteiger partial charge in [0.25, 0.3) is 5.91 Å². The molecule has 1 amide bonds. The molecule has 0 aliphatic rings. The number of benzene rings is 1. The predicted octanol–water partition coefficient (Wildman–Crippen LogP) is 2.49. The molecule has 1 unspecified atom stereocenters. The summed E-state index contributed by atoms with van der Waals surface area (Å²) in [5.41, 5.74) is -3.88. The van der Waals surface area contributed by atoms with E-state index in [0.29, 0.717) is 0 Å². The van der Waals surface area contributed by atoms with E-state index in [1.807, 2.05) is 5.32 Å². The maximum atomic E-state index is 13.8. The van der Waals surface area contributed by atoms with Crippen molar-refractivity contribution in [2.75, 3.05) is 12.4 Å². The fourth-order valence-corrected chi connectivity index (χ4v) is 2.02. The third-order valence-corrected chi connectivity index (χ3v) is 3.30. The van der Waals surface area contributed by atoms with Crippen LogP contribution in [-0.2, 0) is 9.53 Å². The van der Waals surface area contributed by atoms with Crippen LogP contribution in [0.2, 0.25) is 0 Å². The monoisotopic (exact) mass is 371 g/mol. The molecule has 0 radical (unpaired) electrons. The lowest BCUT2D eigenvalue weighted by Crippen LogP contribution is -2.69. The van der Waals surface area contributed by atoms with Crippen LogP contribution in [-0.4, -0.2) is 35.8 Å². The number of hydrogen-bond acceptors (Lipinski definition) is 5. The molecular weight excluding hydrogens is 358 g/mol. The molecule has 1 heterocycles. The molecule has 10 heteroatoms. The molecule has 0 aliphatic heterocycles. The van der Waals surface area contributed by atoms with Gasteiger partial charge >= 0.3 is 17.8 Å². The molecule has 0 saturated carbocycles. The van der Waals surface area contributed by atoms with Gasteiger partial charge in [-0.2, -0.15) is 13.2 Å². The SMILES string of the molecule is COC(=O)C(NC(=O)c1ccc(F)cc1)(Nc1ccccn1)C(F)(F)F. The molecule has 1 aromatic heterocycles. The number of carbonyl (C=O) groups excluding carboxylic acids is 2. The zero-order valence-corrected chi connectivity index (χ0v) is 13.3. The average Bonchev–Trinajstić information content (AvgIpc) is 2.60. The minimum Gasteiger partial charge on any atom is -0.466 e. The first kappa shape index (κ1) is 19.2. The van der Waals surface area contributed by atoms with E-state index < -0.39 is 29.5 Å². The topological polar surface area (TPSA) is 80.3 Å².